The van der Waals surface area contributed by atoms with E-state index in [9.17, 15) is 4.79 Å². The van der Waals surface area contributed by atoms with E-state index in [0.717, 1.165) is 38.0 Å². The lowest BCUT2D eigenvalue weighted by molar-refractivity contribution is -0.125. The number of hydrogen-bond donors (Lipinski definition) is 1. The molecule has 2 bridgehead atoms. The van der Waals surface area contributed by atoms with Crippen LogP contribution in [0.3, 0.4) is 0 Å². The summed E-state index contributed by atoms with van der Waals surface area (Å²) in [6.45, 7) is 1.55. The molecule has 0 amide bonds. The fourth-order valence-electron chi connectivity index (χ4n) is 6.42. The Hall–Kier alpha value is -2.65. The second-order valence-electron chi connectivity index (χ2n) is 9.29. The van der Waals surface area contributed by atoms with E-state index in [0.29, 0.717) is 30.8 Å². The molecule has 1 saturated heterocycles. The van der Waals surface area contributed by atoms with Crippen LogP contribution in [0.5, 0.6) is 5.75 Å². The molecule has 0 aromatic heterocycles. The number of carbonyl (C=O) groups is 1. The number of rotatable bonds is 3. The summed E-state index contributed by atoms with van der Waals surface area (Å²) < 4.78 is 6.48. The molecule has 152 valence electrons. The van der Waals surface area contributed by atoms with Gasteiger partial charge in [-0.1, -0.05) is 48.5 Å². The smallest absolute Gasteiger partial charge is 0.133 e. The third kappa shape index (κ3) is 2.79. The number of Topliss-reactive ketones (excluding diaryl/α,β-unsaturated/α-hetero) is 1. The number of nitrogens with one attached hydrogen (secondary N) is 1. The average Bonchev–Trinajstić information content (AvgIpc) is 2.76. The molecule has 0 unspecified atom stereocenters. The van der Waals surface area contributed by atoms with Crippen LogP contribution >= 0.6 is 0 Å². The van der Waals surface area contributed by atoms with Crippen molar-refractivity contribution in [2.45, 2.75) is 50.2 Å². The molecule has 1 N–H and O–H groups in total. The van der Waals surface area contributed by atoms with Crippen LogP contribution in [0.15, 0.2) is 60.7 Å². The number of benzene rings is 3. The molecule has 2 fully saturated rings. The van der Waals surface area contributed by atoms with Crippen LogP contribution in [0, 0.1) is 5.92 Å². The Morgan fingerprint density at radius 1 is 1.03 bits per heavy atom. The number of fused-ring (bicyclic) bond motifs is 2. The summed E-state index contributed by atoms with van der Waals surface area (Å²) in [5.74, 6) is 1.95. The highest BCUT2D eigenvalue weighted by Gasteiger charge is 2.54. The summed E-state index contributed by atoms with van der Waals surface area (Å²) in [4.78, 5) is 12.6. The molecule has 3 heteroatoms. The summed E-state index contributed by atoms with van der Waals surface area (Å²) in [6, 6.07) is 22.0. The van der Waals surface area contributed by atoms with Crippen LogP contribution < -0.4 is 10.1 Å². The van der Waals surface area contributed by atoms with E-state index < -0.39 is 0 Å². The maximum absolute atomic E-state index is 12.6. The van der Waals surface area contributed by atoms with Crippen LogP contribution in [0.4, 0.5) is 0 Å². The number of piperidine rings is 1. The van der Waals surface area contributed by atoms with Gasteiger partial charge in [-0.15, -0.1) is 0 Å². The van der Waals surface area contributed by atoms with Gasteiger partial charge in [0, 0.05) is 29.9 Å². The molecule has 3 atom stereocenters. The van der Waals surface area contributed by atoms with Crippen LogP contribution in [-0.2, 0) is 23.2 Å². The molecular formula is C27H27NO2. The number of carbonyl (C=O) groups excluding carboxylic acids is 1. The molecule has 1 saturated carbocycles. The van der Waals surface area contributed by atoms with E-state index in [1.165, 1.54) is 27.5 Å². The lowest BCUT2D eigenvalue weighted by atomic mass is 9.52. The Kier molecular flexibility index (Phi) is 4.21. The Bertz CT molecular complexity index is 1140. The molecule has 3 aliphatic rings. The molecule has 2 aliphatic carbocycles. The average molecular weight is 398 g/mol. The zero-order valence-corrected chi connectivity index (χ0v) is 17.2. The highest BCUT2D eigenvalue weighted by Crippen LogP contribution is 2.55. The van der Waals surface area contributed by atoms with Crippen molar-refractivity contribution in [3.8, 4) is 5.75 Å². The number of hydrogen-bond acceptors (Lipinski definition) is 3. The van der Waals surface area contributed by atoms with Crippen LogP contribution in [0.1, 0.15) is 42.4 Å². The second kappa shape index (κ2) is 6.95. The minimum Gasteiger partial charge on any atom is -0.489 e. The first kappa shape index (κ1) is 18.1. The normalized spacial score (nSPS) is 27.4. The van der Waals surface area contributed by atoms with Crippen LogP contribution in [0.2, 0.25) is 0 Å². The molecule has 1 aliphatic heterocycles. The third-order valence-corrected chi connectivity index (χ3v) is 7.68. The van der Waals surface area contributed by atoms with Gasteiger partial charge < -0.3 is 10.1 Å². The summed E-state index contributed by atoms with van der Waals surface area (Å²) in [5, 5.41) is 6.24. The maximum Gasteiger partial charge on any atom is 0.133 e. The molecule has 0 radical (unpaired) electrons. The highest BCUT2D eigenvalue weighted by atomic mass is 16.5. The van der Waals surface area contributed by atoms with Crippen molar-refractivity contribution >= 4 is 16.6 Å². The van der Waals surface area contributed by atoms with Gasteiger partial charge in [0.2, 0.25) is 0 Å². The summed E-state index contributed by atoms with van der Waals surface area (Å²) in [6.07, 6.45) is 4.50. The molecule has 0 spiro atoms. The largest absolute Gasteiger partial charge is 0.489 e. The summed E-state index contributed by atoms with van der Waals surface area (Å²) in [5.41, 5.74) is 3.84. The van der Waals surface area contributed by atoms with Crippen molar-refractivity contribution in [3.05, 3.63) is 77.4 Å². The third-order valence-electron chi connectivity index (χ3n) is 7.68. The van der Waals surface area contributed by atoms with E-state index in [-0.39, 0.29) is 5.41 Å². The fourth-order valence-corrected chi connectivity index (χ4v) is 6.42. The zero-order valence-electron chi connectivity index (χ0n) is 17.2. The molecule has 30 heavy (non-hydrogen) atoms. The second-order valence-corrected chi connectivity index (χ2v) is 9.29. The lowest BCUT2D eigenvalue weighted by Crippen LogP contribution is -2.60. The minimum atomic E-state index is -0.0428. The Balaban J connectivity index is 1.37. The predicted molar refractivity (Wildman–Crippen MR) is 119 cm³/mol. The molecule has 1 heterocycles. The van der Waals surface area contributed by atoms with Gasteiger partial charge in [0.1, 0.15) is 18.1 Å². The number of ketones is 1. The van der Waals surface area contributed by atoms with Gasteiger partial charge in [-0.2, -0.15) is 0 Å². The van der Waals surface area contributed by atoms with Crippen molar-refractivity contribution in [3.63, 3.8) is 0 Å². The zero-order chi connectivity index (χ0) is 20.1. The van der Waals surface area contributed by atoms with Gasteiger partial charge in [0.25, 0.3) is 0 Å². The summed E-state index contributed by atoms with van der Waals surface area (Å²) >= 11 is 0. The topological polar surface area (TPSA) is 38.3 Å². The van der Waals surface area contributed by atoms with Gasteiger partial charge in [0.05, 0.1) is 0 Å². The highest BCUT2D eigenvalue weighted by molar-refractivity contribution is 5.83. The van der Waals surface area contributed by atoms with Crippen LogP contribution in [0.25, 0.3) is 10.8 Å². The fraction of sp³-hybridized carbons (Fsp3) is 0.370. The van der Waals surface area contributed by atoms with E-state index in [2.05, 4.69) is 66.0 Å². The first-order valence-electron chi connectivity index (χ1n) is 11.2. The van der Waals surface area contributed by atoms with Crippen molar-refractivity contribution in [1.82, 2.24) is 5.32 Å². The van der Waals surface area contributed by atoms with Crippen molar-refractivity contribution < 1.29 is 9.53 Å². The SMILES string of the molecule is O=C1CC[C@H]2[C@H]3Cc4cccc(OCc5ccc6ccccc6c5)c4[C@@]2(CCN3)C1. The molecular weight excluding hydrogens is 370 g/mol. The van der Waals surface area contributed by atoms with E-state index in [1.54, 1.807) is 0 Å². The Morgan fingerprint density at radius 2 is 1.93 bits per heavy atom. The lowest BCUT2D eigenvalue weighted by Gasteiger charge is -2.55. The first-order valence-corrected chi connectivity index (χ1v) is 11.2. The Labute approximate surface area is 177 Å². The van der Waals surface area contributed by atoms with Crippen molar-refractivity contribution in [1.29, 1.82) is 0 Å². The van der Waals surface area contributed by atoms with Crippen molar-refractivity contribution in [2.24, 2.45) is 5.92 Å². The van der Waals surface area contributed by atoms with Gasteiger partial charge in [-0.05, 0) is 65.8 Å². The first-order chi connectivity index (χ1) is 14.7. The Morgan fingerprint density at radius 3 is 2.87 bits per heavy atom. The molecule has 3 nitrogen and oxygen atoms in total. The van der Waals surface area contributed by atoms with E-state index >= 15 is 0 Å². The standard InChI is InChI=1S/C27H27NO2/c29-22-10-11-23-24-15-21-6-3-7-25(26(21)27(23,16-22)12-13-28-24)30-17-18-8-9-19-4-1-2-5-20(19)14-18/h1-9,14,23-24,28H,10-13,15-17H2/t23-,24+,27-/m0/s1. The number of ether oxygens (including phenoxy) is 1. The monoisotopic (exact) mass is 397 g/mol. The molecule has 3 aromatic carbocycles. The predicted octanol–water partition coefficient (Wildman–Crippen LogP) is 4.94. The van der Waals surface area contributed by atoms with Gasteiger partial charge in [0.15, 0.2) is 0 Å². The van der Waals surface area contributed by atoms with Crippen molar-refractivity contribution in [2.75, 3.05) is 6.54 Å². The minimum absolute atomic E-state index is 0.0428. The summed E-state index contributed by atoms with van der Waals surface area (Å²) in [7, 11) is 0. The van der Waals surface area contributed by atoms with E-state index in [1.807, 2.05) is 0 Å². The van der Waals surface area contributed by atoms with Gasteiger partial charge >= 0.3 is 0 Å². The molecule has 6 rings (SSSR count). The van der Waals surface area contributed by atoms with Gasteiger partial charge in [-0.3, -0.25) is 4.79 Å². The van der Waals surface area contributed by atoms with Gasteiger partial charge in [-0.25, -0.2) is 0 Å². The van der Waals surface area contributed by atoms with E-state index in [4.69, 9.17) is 4.74 Å². The molecule has 3 aromatic rings. The van der Waals surface area contributed by atoms with Crippen LogP contribution in [-0.4, -0.2) is 18.4 Å². The quantitative estimate of drug-likeness (QED) is 0.680. The maximum atomic E-state index is 12.6.